The molecule has 1 aliphatic rings. The van der Waals surface area contributed by atoms with Crippen molar-refractivity contribution in [2.24, 2.45) is 0 Å². The van der Waals surface area contributed by atoms with E-state index in [4.69, 9.17) is 0 Å². The lowest BCUT2D eigenvalue weighted by atomic mass is 10.0. The highest BCUT2D eigenvalue weighted by molar-refractivity contribution is 8.93. The van der Waals surface area contributed by atoms with Crippen LogP contribution in [0.4, 0.5) is 0 Å². The van der Waals surface area contributed by atoms with E-state index in [2.05, 4.69) is 91.0 Å². The molecule has 0 atom stereocenters. The largest absolute Gasteiger partial charge is 0.115 e. The van der Waals surface area contributed by atoms with Gasteiger partial charge in [-0.15, -0.1) is 17.0 Å². The van der Waals surface area contributed by atoms with Gasteiger partial charge in [0.25, 0.3) is 0 Å². The molecule has 0 aromatic heterocycles. The van der Waals surface area contributed by atoms with Crippen molar-refractivity contribution in [2.45, 2.75) is 37.8 Å². The molecule has 0 nitrogen and oxygen atoms in total. The third-order valence-corrected chi connectivity index (χ3v) is 10.6. The van der Waals surface area contributed by atoms with E-state index in [0.29, 0.717) is 0 Å². The number of halogens is 1. The first kappa shape index (κ1) is 19.3. The quantitative estimate of drug-likeness (QED) is 0.457. The van der Waals surface area contributed by atoms with Crippen LogP contribution in [0.25, 0.3) is 0 Å². The molecule has 0 bridgehead atoms. The van der Waals surface area contributed by atoms with Crippen LogP contribution in [0.5, 0.6) is 0 Å². The van der Waals surface area contributed by atoms with Crippen LogP contribution in [0.2, 0.25) is 0 Å². The first-order chi connectivity index (χ1) is 12.4. The van der Waals surface area contributed by atoms with Crippen LogP contribution in [-0.2, 0) is 0 Å². The summed E-state index contributed by atoms with van der Waals surface area (Å²) in [6.45, 7) is 0. The van der Waals surface area contributed by atoms with Gasteiger partial charge >= 0.3 is 0 Å². The zero-order valence-corrected chi connectivity index (χ0v) is 17.7. The first-order valence-electron chi connectivity index (χ1n) is 9.48. The second-order valence-corrected chi connectivity index (χ2v) is 10.7. The fraction of sp³-hybridized carbons (Fsp3) is 0.250. The van der Waals surface area contributed by atoms with Gasteiger partial charge in [0.2, 0.25) is 0 Å². The number of rotatable bonds is 4. The Morgan fingerprint density at radius 2 is 0.846 bits per heavy atom. The first-order valence-corrected chi connectivity index (χ1v) is 11.3. The fourth-order valence-electron chi connectivity index (χ4n) is 4.54. The van der Waals surface area contributed by atoms with Crippen molar-refractivity contribution < 1.29 is 0 Å². The standard InChI is InChI=1S/C24H26P.BrH/c1-5-13-21(14-6-1)25(22-15-7-2-8-16-22,23-17-9-3-10-18-23)24-19-11-4-12-20-24;/h1-3,5-10,13-18,24H,4,11-12,19-20H2;1H/q+1;. The molecule has 134 valence electrons. The third kappa shape index (κ3) is 3.53. The lowest BCUT2D eigenvalue weighted by molar-refractivity contribution is 0.511. The van der Waals surface area contributed by atoms with Gasteiger partial charge in [-0.1, -0.05) is 61.0 Å². The average Bonchev–Trinajstić information content (AvgIpc) is 2.72. The average molecular weight is 426 g/mol. The molecule has 26 heavy (non-hydrogen) atoms. The molecular weight excluding hydrogens is 399 g/mol. The molecule has 3 aromatic rings. The van der Waals surface area contributed by atoms with Gasteiger partial charge in [-0.05, 0) is 62.1 Å². The minimum atomic E-state index is -1.63. The Bertz CT molecular complexity index is 684. The van der Waals surface area contributed by atoms with E-state index in [-0.39, 0.29) is 17.0 Å². The molecule has 1 fully saturated rings. The highest BCUT2D eigenvalue weighted by Gasteiger charge is 2.51. The van der Waals surface area contributed by atoms with E-state index >= 15 is 0 Å². The second-order valence-electron chi connectivity index (χ2n) is 7.02. The molecule has 0 spiro atoms. The SMILES string of the molecule is Br.c1ccc([P+](c2ccccc2)(c2ccccc2)C2CCCCC2)cc1. The van der Waals surface area contributed by atoms with Crippen LogP contribution in [0.15, 0.2) is 91.0 Å². The summed E-state index contributed by atoms with van der Waals surface area (Å²) in [7, 11) is -1.63. The van der Waals surface area contributed by atoms with E-state index in [1.807, 2.05) is 0 Å². The molecule has 4 rings (SSSR count). The summed E-state index contributed by atoms with van der Waals surface area (Å²) in [5.74, 6) is 0. The maximum Gasteiger partial charge on any atom is 0.115 e. The molecule has 3 aromatic carbocycles. The Labute approximate surface area is 168 Å². The van der Waals surface area contributed by atoms with E-state index in [1.165, 1.54) is 32.1 Å². The van der Waals surface area contributed by atoms with E-state index in [0.717, 1.165) is 5.66 Å². The van der Waals surface area contributed by atoms with Gasteiger partial charge in [-0.2, -0.15) is 0 Å². The number of benzene rings is 3. The predicted molar refractivity (Wildman–Crippen MR) is 122 cm³/mol. The van der Waals surface area contributed by atoms with Crippen LogP contribution in [0, 0.1) is 0 Å². The fourth-order valence-corrected chi connectivity index (χ4v) is 9.76. The van der Waals surface area contributed by atoms with Crippen molar-refractivity contribution in [3.8, 4) is 0 Å². The lowest BCUT2D eigenvalue weighted by Crippen LogP contribution is -2.39. The van der Waals surface area contributed by atoms with Crippen LogP contribution < -0.4 is 15.9 Å². The van der Waals surface area contributed by atoms with Gasteiger partial charge in [-0.3, -0.25) is 0 Å². The molecule has 1 aliphatic carbocycles. The van der Waals surface area contributed by atoms with Crippen molar-refractivity contribution >= 4 is 40.2 Å². The summed E-state index contributed by atoms with van der Waals surface area (Å²) < 4.78 is 0. The zero-order valence-electron chi connectivity index (χ0n) is 15.1. The van der Waals surface area contributed by atoms with Crippen molar-refractivity contribution in [1.82, 2.24) is 0 Å². The smallest absolute Gasteiger partial charge is 0.114 e. The lowest BCUT2D eigenvalue weighted by Gasteiger charge is -2.36. The van der Waals surface area contributed by atoms with Gasteiger partial charge in [0.15, 0.2) is 0 Å². The van der Waals surface area contributed by atoms with Crippen LogP contribution in [-0.4, -0.2) is 5.66 Å². The van der Waals surface area contributed by atoms with Crippen LogP contribution in [0.1, 0.15) is 32.1 Å². The Morgan fingerprint density at radius 3 is 1.19 bits per heavy atom. The summed E-state index contributed by atoms with van der Waals surface area (Å²) in [6, 6.07) is 34.0. The zero-order chi connectivity index (χ0) is 17.0. The van der Waals surface area contributed by atoms with Gasteiger partial charge in [0.05, 0.1) is 5.66 Å². The summed E-state index contributed by atoms with van der Waals surface area (Å²) in [4.78, 5) is 0. The molecule has 0 aliphatic heterocycles. The normalized spacial score (nSPS) is 15.2. The van der Waals surface area contributed by atoms with Crippen LogP contribution >= 0.6 is 24.2 Å². The van der Waals surface area contributed by atoms with Crippen molar-refractivity contribution in [1.29, 1.82) is 0 Å². The molecule has 2 heteroatoms. The summed E-state index contributed by atoms with van der Waals surface area (Å²) in [5.41, 5.74) is 0.758. The van der Waals surface area contributed by atoms with Gasteiger partial charge in [-0.25, -0.2) is 0 Å². The molecule has 0 radical (unpaired) electrons. The predicted octanol–water partition coefficient (Wildman–Crippen LogP) is 5.89. The van der Waals surface area contributed by atoms with Gasteiger partial charge in [0.1, 0.15) is 23.2 Å². The topological polar surface area (TPSA) is 0 Å². The summed E-state index contributed by atoms with van der Waals surface area (Å²) in [6.07, 6.45) is 6.85. The Hall–Kier alpha value is -1.43. The molecular formula is C24H27BrP+. The van der Waals surface area contributed by atoms with Crippen LogP contribution in [0.3, 0.4) is 0 Å². The van der Waals surface area contributed by atoms with Crippen molar-refractivity contribution in [3.63, 3.8) is 0 Å². The van der Waals surface area contributed by atoms with E-state index in [1.54, 1.807) is 15.9 Å². The second kappa shape index (κ2) is 8.98. The Morgan fingerprint density at radius 1 is 0.500 bits per heavy atom. The van der Waals surface area contributed by atoms with E-state index in [9.17, 15) is 0 Å². The molecule has 0 unspecified atom stereocenters. The van der Waals surface area contributed by atoms with Crippen molar-refractivity contribution in [3.05, 3.63) is 91.0 Å². The summed E-state index contributed by atoms with van der Waals surface area (Å²) in [5, 5.41) is 4.62. The highest BCUT2D eigenvalue weighted by Crippen LogP contribution is 2.63. The van der Waals surface area contributed by atoms with Crippen molar-refractivity contribution in [2.75, 3.05) is 0 Å². The Kier molecular flexibility index (Phi) is 6.68. The number of hydrogen-bond acceptors (Lipinski definition) is 0. The third-order valence-electron chi connectivity index (χ3n) is 5.61. The minimum absolute atomic E-state index is 0. The maximum absolute atomic E-state index is 2.38. The molecule has 0 amide bonds. The molecule has 0 N–H and O–H groups in total. The molecule has 0 heterocycles. The summed E-state index contributed by atoms with van der Waals surface area (Å²) >= 11 is 0. The Balaban J connectivity index is 0.00000196. The minimum Gasteiger partial charge on any atom is -0.114 e. The molecule has 1 saturated carbocycles. The van der Waals surface area contributed by atoms with Gasteiger partial charge in [0, 0.05) is 0 Å². The number of hydrogen-bond donors (Lipinski definition) is 0. The monoisotopic (exact) mass is 425 g/mol. The highest BCUT2D eigenvalue weighted by atomic mass is 79.9. The maximum atomic E-state index is 2.38. The van der Waals surface area contributed by atoms with Gasteiger partial charge < -0.3 is 0 Å². The van der Waals surface area contributed by atoms with E-state index < -0.39 is 7.26 Å². The molecule has 0 saturated heterocycles.